The van der Waals surface area contributed by atoms with Crippen LogP contribution in [0.2, 0.25) is 0 Å². The highest BCUT2D eigenvalue weighted by molar-refractivity contribution is 7.99. The van der Waals surface area contributed by atoms with Crippen LogP contribution in [0.3, 0.4) is 0 Å². The van der Waals surface area contributed by atoms with Crippen LogP contribution in [0.25, 0.3) is 0 Å². The molecule has 0 aromatic carbocycles. The van der Waals surface area contributed by atoms with E-state index in [-0.39, 0.29) is 11.8 Å². The van der Waals surface area contributed by atoms with Crippen LogP contribution >= 0.6 is 11.8 Å². The summed E-state index contributed by atoms with van der Waals surface area (Å²) in [6.07, 6.45) is 0. The summed E-state index contributed by atoms with van der Waals surface area (Å²) in [7, 11) is 2.11. The van der Waals surface area contributed by atoms with Crippen LogP contribution in [0.1, 0.15) is 19.9 Å². The Bertz CT molecular complexity index is 468. The Morgan fingerprint density at radius 3 is 2.50 bits per heavy atom. The minimum absolute atomic E-state index is 0.00753. The average molecular weight is 299 g/mol. The van der Waals surface area contributed by atoms with Crippen LogP contribution in [0.5, 0.6) is 0 Å². The molecule has 1 aliphatic heterocycles. The number of thioether (sulfide) groups is 1. The van der Waals surface area contributed by atoms with E-state index in [0.29, 0.717) is 5.16 Å². The Morgan fingerprint density at radius 1 is 1.30 bits per heavy atom. The van der Waals surface area contributed by atoms with Gasteiger partial charge in [0.15, 0.2) is 5.16 Å². The van der Waals surface area contributed by atoms with E-state index in [1.165, 1.54) is 11.8 Å². The van der Waals surface area contributed by atoms with Gasteiger partial charge in [0, 0.05) is 32.2 Å². The van der Waals surface area contributed by atoms with Crippen LogP contribution in [-0.2, 0) is 4.79 Å². The van der Waals surface area contributed by atoms with Crippen molar-refractivity contribution >= 4 is 23.7 Å². The number of carboxylic acid groups (broad SMARTS) is 1. The molecule has 8 heteroatoms. The lowest BCUT2D eigenvalue weighted by Gasteiger charge is -2.33. The smallest absolute Gasteiger partial charge is 0.313 e. The van der Waals surface area contributed by atoms with Crippen molar-refractivity contribution in [3.63, 3.8) is 0 Å². The summed E-state index contributed by atoms with van der Waals surface area (Å²) in [5, 5.41) is 17.9. The molecule has 0 amide bonds. The van der Waals surface area contributed by atoms with Gasteiger partial charge >= 0.3 is 5.97 Å². The van der Waals surface area contributed by atoms with Gasteiger partial charge in [0.2, 0.25) is 5.95 Å². The lowest BCUT2D eigenvalue weighted by molar-refractivity contribution is -0.133. The number of aromatic nitrogens is 3. The Balaban J connectivity index is 2.18. The van der Waals surface area contributed by atoms with Gasteiger partial charge in [-0.2, -0.15) is 0 Å². The number of likely N-dealkylation sites (N-methyl/N-ethyl adjacent to an activating group) is 1. The highest BCUT2D eigenvalue weighted by Gasteiger charge is 2.23. The number of piperazine rings is 1. The summed E-state index contributed by atoms with van der Waals surface area (Å²) in [4.78, 5) is 15.2. The zero-order chi connectivity index (χ0) is 14.7. The second-order valence-corrected chi connectivity index (χ2v) is 6.16. The minimum Gasteiger partial charge on any atom is -0.481 e. The molecule has 0 bridgehead atoms. The fraction of sp³-hybridized carbons (Fsp3) is 0.750. The number of hydrogen-bond donors (Lipinski definition) is 1. The fourth-order valence-electron chi connectivity index (χ4n) is 2.17. The van der Waals surface area contributed by atoms with Crippen molar-refractivity contribution in [1.82, 2.24) is 19.7 Å². The van der Waals surface area contributed by atoms with Crippen molar-refractivity contribution in [2.45, 2.75) is 25.0 Å². The highest BCUT2D eigenvalue weighted by atomic mass is 32.2. The molecule has 0 unspecified atom stereocenters. The van der Waals surface area contributed by atoms with Crippen LogP contribution in [0.4, 0.5) is 5.95 Å². The Morgan fingerprint density at radius 2 is 1.95 bits per heavy atom. The monoisotopic (exact) mass is 299 g/mol. The lowest BCUT2D eigenvalue weighted by Crippen LogP contribution is -2.45. The number of rotatable bonds is 5. The predicted octanol–water partition coefficient (Wildman–Crippen LogP) is 0.787. The van der Waals surface area contributed by atoms with Crippen LogP contribution in [0, 0.1) is 0 Å². The molecular formula is C12H21N5O2S. The average Bonchev–Trinajstić information content (AvgIpc) is 2.81. The molecule has 1 aliphatic rings. The molecule has 2 heterocycles. The van der Waals surface area contributed by atoms with Gasteiger partial charge < -0.3 is 14.9 Å². The summed E-state index contributed by atoms with van der Waals surface area (Å²) in [6.45, 7) is 7.97. The van der Waals surface area contributed by atoms with E-state index in [2.05, 4.69) is 40.9 Å². The molecule has 0 spiro atoms. The topological polar surface area (TPSA) is 74.5 Å². The fourth-order valence-corrected chi connectivity index (χ4v) is 2.95. The molecule has 7 nitrogen and oxygen atoms in total. The van der Waals surface area contributed by atoms with E-state index in [1.54, 1.807) is 0 Å². The number of hydrogen-bond acceptors (Lipinski definition) is 6. The second kappa shape index (κ2) is 6.45. The highest BCUT2D eigenvalue weighted by Crippen LogP contribution is 2.26. The van der Waals surface area contributed by atoms with E-state index < -0.39 is 5.97 Å². The van der Waals surface area contributed by atoms with Gasteiger partial charge in [-0.1, -0.05) is 11.8 Å². The van der Waals surface area contributed by atoms with Crippen molar-refractivity contribution in [3.8, 4) is 0 Å². The SMILES string of the molecule is CC(C)n1c(SCC(=O)O)nnc1N1CCN(C)CC1. The summed E-state index contributed by atoms with van der Waals surface area (Å²) >= 11 is 1.22. The van der Waals surface area contributed by atoms with Crippen molar-refractivity contribution < 1.29 is 9.90 Å². The summed E-state index contributed by atoms with van der Waals surface area (Å²) in [6, 6.07) is 0.205. The van der Waals surface area contributed by atoms with E-state index in [9.17, 15) is 4.79 Å². The van der Waals surface area contributed by atoms with Gasteiger partial charge in [-0.05, 0) is 20.9 Å². The first-order chi connectivity index (χ1) is 9.49. The quantitative estimate of drug-likeness (QED) is 0.806. The molecule has 1 fully saturated rings. The third-order valence-electron chi connectivity index (χ3n) is 3.27. The molecule has 0 aliphatic carbocycles. The molecule has 1 aromatic rings. The second-order valence-electron chi connectivity index (χ2n) is 5.22. The molecule has 0 atom stereocenters. The zero-order valence-corrected chi connectivity index (χ0v) is 12.9. The predicted molar refractivity (Wildman–Crippen MR) is 78.5 cm³/mol. The first kappa shape index (κ1) is 15.1. The zero-order valence-electron chi connectivity index (χ0n) is 12.1. The lowest BCUT2D eigenvalue weighted by atomic mass is 10.3. The molecule has 20 heavy (non-hydrogen) atoms. The van der Waals surface area contributed by atoms with Gasteiger partial charge in [-0.3, -0.25) is 9.36 Å². The van der Waals surface area contributed by atoms with Crippen LogP contribution in [-0.4, -0.2) is 69.7 Å². The largest absolute Gasteiger partial charge is 0.481 e. The standard InChI is InChI=1S/C12H21N5O2S/c1-9(2)17-11(16-6-4-15(3)5-7-16)13-14-12(17)20-8-10(18)19/h9H,4-8H2,1-3H3,(H,18,19). The van der Waals surface area contributed by atoms with Crippen molar-refractivity contribution in [2.24, 2.45) is 0 Å². The van der Waals surface area contributed by atoms with Crippen molar-refractivity contribution in [2.75, 3.05) is 43.9 Å². The van der Waals surface area contributed by atoms with E-state index in [1.807, 2.05) is 4.57 Å². The molecule has 1 aromatic heterocycles. The van der Waals surface area contributed by atoms with E-state index in [0.717, 1.165) is 32.1 Å². The number of carboxylic acids is 1. The summed E-state index contributed by atoms with van der Waals surface area (Å²) in [5.74, 6) is 0.0172. The van der Waals surface area contributed by atoms with Gasteiger partial charge in [-0.15, -0.1) is 10.2 Å². The van der Waals surface area contributed by atoms with Gasteiger partial charge in [-0.25, -0.2) is 0 Å². The van der Waals surface area contributed by atoms with Gasteiger partial charge in [0.25, 0.3) is 0 Å². The van der Waals surface area contributed by atoms with Gasteiger partial charge in [0.1, 0.15) is 0 Å². The number of carbonyl (C=O) groups is 1. The van der Waals surface area contributed by atoms with Gasteiger partial charge in [0.05, 0.1) is 5.75 Å². The molecule has 2 rings (SSSR count). The third kappa shape index (κ3) is 3.43. The maximum absolute atomic E-state index is 10.7. The Labute approximate surface area is 123 Å². The van der Waals surface area contributed by atoms with Crippen molar-refractivity contribution in [3.05, 3.63) is 0 Å². The molecule has 0 radical (unpaired) electrons. The molecule has 1 N–H and O–H groups in total. The maximum atomic E-state index is 10.7. The first-order valence-electron chi connectivity index (χ1n) is 6.72. The van der Waals surface area contributed by atoms with Crippen LogP contribution < -0.4 is 4.90 Å². The Kier molecular flexibility index (Phi) is 4.87. The molecule has 112 valence electrons. The summed E-state index contributed by atoms with van der Waals surface area (Å²) < 4.78 is 2.03. The van der Waals surface area contributed by atoms with Crippen LogP contribution in [0.15, 0.2) is 5.16 Å². The number of aliphatic carboxylic acids is 1. The minimum atomic E-state index is -0.838. The third-order valence-corrected chi connectivity index (χ3v) is 4.20. The van der Waals surface area contributed by atoms with E-state index in [4.69, 9.17) is 5.11 Å². The summed E-state index contributed by atoms with van der Waals surface area (Å²) in [5.41, 5.74) is 0. The van der Waals surface area contributed by atoms with E-state index >= 15 is 0 Å². The normalized spacial score (nSPS) is 16.9. The Hall–Kier alpha value is -1.28. The molecule has 1 saturated heterocycles. The van der Waals surface area contributed by atoms with Crippen molar-refractivity contribution in [1.29, 1.82) is 0 Å². The molecular weight excluding hydrogens is 278 g/mol. The number of nitrogens with zero attached hydrogens (tertiary/aromatic N) is 5. The first-order valence-corrected chi connectivity index (χ1v) is 7.70. The maximum Gasteiger partial charge on any atom is 0.313 e. The molecule has 0 saturated carbocycles. The number of anilines is 1.